The molecule has 0 aromatic heterocycles. The Labute approximate surface area is 173 Å². The molecule has 10 heteroatoms. The highest BCUT2D eigenvalue weighted by atomic mass is 32.2. The Morgan fingerprint density at radius 3 is 2.37 bits per heavy atom. The fraction of sp³-hybridized carbons (Fsp3) is 0.300. The van der Waals surface area contributed by atoms with Crippen LogP contribution in [0.4, 0.5) is 20.2 Å². The lowest BCUT2D eigenvalue weighted by atomic mass is 10.1. The zero-order chi connectivity index (χ0) is 22.6. The third-order valence-electron chi connectivity index (χ3n) is 4.25. The second-order valence-electron chi connectivity index (χ2n) is 6.57. The Bertz CT molecular complexity index is 1070. The number of hydrogen-bond donors (Lipinski definition) is 1. The van der Waals surface area contributed by atoms with E-state index >= 15 is 0 Å². The Balaban J connectivity index is 2.35. The maximum Gasteiger partial charge on any atom is 0.338 e. The summed E-state index contributed by atoms with van der Waals surface area (Å²) in [5, 5.41) is 2.58. The van der Waals surface area contributed by atoms with E-state index in [1.165, 1.54) is 19.1 Å². The van der Waals surface area contributed by atoms with Crippen LogP contribution in [-0.4, -0.2) is 39.2 Å². The molecule has 1 N–H and O–H groups in total. The van der Waals surface area contributed by atoms with Gasteiger partial charge in [-0.05, 0) is 50.6 Å². The molecule has 2 aromatic carbocycles. The van der Waals surface area contributed by atoms with Crippen LogP contribution < -0.4 is 9.62 Å². The van der Waals surface area contributed by atoms with Crippen molar-refractivity contribution in [2.24, 2.45) is 0 Å². The second-order valence-corrected chi connectivity index (χ2v) is 8.43. The van der Waals surface area contributed by atoms with Crippen LogP contribution in [0.5, 0.6) is 0 Å². The highest BCUT2D eigenvalue weighted by Gasteiger charge is 2.30. The van der Waals surface area contributed by atoms with Crippen LogP contribution in [0.1, 0.15) is 29.8 Å². The molecule has 7 nitrogen and oxygen atoms in total. The third-order valence-corrected chi connectivity index (χ3v) is 5.49. The first-order valence-electron chi connectivity index (χ1n) is 8.98. The van der Waals surface area contributed by atoms with Gasteiger partial charge in [0, 0.05) is 11.8 Å². The summed E-state index contributed by atoms with van der Waals surface area (Å²) in [6.07, 6.45) is 0.852. The van der Waals surface area contributed by atoms with Gasteiger partial charge in [-0.2, -0.15) is 0 Å². The summed E-state index contributed by atoms with van der Waals surface area (Å²) in [5.41, 5.74) is 0.931. The molecule has 1 unspecified atom stereocenters. The number of sulfonamides is 1. The van der Waals surface area contributed by atoms with Gasteiger partial charge in [0.2, 0.25) is 15.9 Å². The van der Waals surface area contributed by atoms with Crippen molar-refractivity contribution < 1.29 is 31.5 Å². The van der Waals surface area contributed by atoms with E-state index in [1.54, 1.807) is 19.9 Å². The Kier molecular flexibility index (Phi) is 7.14. The lowest BCUT2D eigenvalue weighted by Gasteiger charge is -2.28. The number of halogens is 2. The maximum absolute atomic E-state index is 13.6. The van der Waals surface area contributed by atoms with E-state index in [9.17, 15) is 26.8 Å². The molecular weight excluding hydrogens is 418 g/mol. The summed E-state index contributed by atoms with van der Waals surface area (Å²) < 4.78 is 57.1. The predicted octanol–water partition coefficient (Wildman–Crippen LogP) is 3.24. The van der Waals surface area contributed by atoms with Gasteiger partial charge in [-0.25, -0.2) is 22.0 Å². The number of amides is 1. The third kappa shape index (κ3) is 5.32. The van der Waals surface area contributed by atoms with E-state index < -0.39 is 39.6 Å². The normalized spacial score (nSPS) is 12.2. The number of carbonyl (C=O) groups is 2. The molecule has 0 radical (unpaired) electrons. The first-order chi connectivity index (χ1) is 14.0. The maximum atomic E-state index is 13.6. The van der Waals surface area contributed by atoms with Crippen LogP contribution in [-0.2, 0) is 19.6 Å². The number of nitrogens with one attached hydrogen (secondary N) is 1. The van der Waals surface area contributed by atoms with Crippen LogP contribution in [0.3, 0.4) is 0 Å². The summed E-state index contributed by atoms with van der Waals surface area (Å²) >= 11 is 0. The first-order valence-corrected chi connectivity index (χ1v) is 10.8. The molecule has 0 heterocycles. The number of anilines is 2. The molecule has 0 aliphatic carbocycles. The van der Waals surface area contributed by atoms with Crippen molar-refractivity contribution in [2.75, 3.05) is 22.5 Å². The quantitative estimate of drug-likeness (QED) is 0.668. The monoisotopic (exact) mass is 440 g/mol. The number of benzene rings is 2. The zero-order valence-electron chi connectivity index (χ0n) is 16.9. The van der Waals surface area contributed by atoms with Gasteiger partial charge in [0.15, 0.2) is 11.6 Å². The number of ether oxygens (including phenoxy) is 1. The number of aryl methyl sites for hydroxylation is 1. The number of hydrogen-bond acceptors (Lipinski definition) is 5. The van der Waals surface area contributed by atoms with Gasteiger partial charge in [0.1, 0.15) is 6.04 Å². The summed E-state index contributed by atoms with van der Waals surface area (Å²) in [6, 6.07) is 5.81. The van der Waals surface area contributed by atoms with Crippen LogP contribution in [0, 0.1) is 18.6 Å². The summed E-state index contributed by atoms with van der Waals surface area (Å²) in [5.74, 6) is -3.68. The average molecular weight is 440 g/mol. The van der Waals surface area contributed by atoms with Gasteiger partial charge in [-0.15, -0.1) is 0 Å². The van der Waals surface area contributed by atoms with Crippen molar-refractivity contribution in [1.29, 1.82) is 0 Å². The smallest absolute Gasteiger partial charge is 0.338 e. The first kappa shape index (κ1) is 23.3. The minimum atomic E-state index is -4.01. The van der Waals surface area contributed by atoms with Crippen LogP contribution >= 0.6 is 0 Å². The molecule has 30 heavy (non-hydrogen) atoms. The molecular formula is C20H22F2N2O5S. The van der Waals surface area contributed by atoms with Crippen molar-refractivity contribution in [3.63, 3.8) is 0 Å². The van der Waals surface area contributed by atoms with E-state index in [0.717, 1.165) is 18.4 Å². The number of rotatable bonds is 7. The molecule has 2 aromatic rings. The SMILES string of the molecule is CCOC(=O)c1ccc(C)c(NC(=O)C(C)N(c2ccc(F)c(F)c2)S(C)(=O)=O)c1. The van der Waals surface area contributed by atoms with E-state index in [2.05, 4.69) is 5.32 Å². The lowest BCUT2D eigenvalue weighted by Crippen LogP contribution is -2.45. The average Bonchev–Trinajstić information content (AvgIpc) is 2.65. The largest absolute Gasteiger partial charge is 0.462 e. The number of nitrogens with zero attached hydrogens (tertiary/aromatic N) is 1. The predicted molar refractivity (Wildman–Crippen MR) is 109 cm³/mol. The van der Waals surface area contributed by atoms with Crippen molar-refractivity contribution in [3.05, 3.63) is 59.2 Å². The minimum absolute atomic E-state index is 0.184. The standard InChI is InChI=1S/C20H22F2N2O5S/c1-5-29-20(26)14-7-6-12(2)18(10-14)23-19(25)13(3)24(30(4,27)28)15-8-9-16(21)17(22)11-15/h6-11,13H,5H2,1-4H3,(H,23,25). The van der Waals surface area contributed by atoms with Crippen LogP contribution in [0.2, 0.25) is 0 Å². The van der Waals surface area contributed by atoms with Crippen LogP contribution in [0.15, 0.2) is 36.4 Å². The van der Waals surface area contributed by atoms with Crippen molar-refractivity contribution in [1.82, 2.24) is 0 Å². The van der Waals surface area contributed by atoms with E-state index in [1.807, 2.05) is 0 Å². The Morgan fingerprint density at radius 2 is 1.80 bits per heavy atom. The topological polar surface area (TPSA) is 92.8 Å². The fourth-order valence-electron chi connectivity index (χ4n) is 2.77. The van der Waals surface area contributed by atoms with E-state index in [-0.39, 0.29) is 23.5 Å². The van der Waals surface area contributed by atoms with Crippen molar-refractivity contribution in [2.45, 2.75) is 26.8 Å². The van der Waals surface area contributed by atoms with Gasteiger partial charge in [0.05, 0.1) is 24.1 Å². The second kappa shape index (κ2) is 9.21. The number of esters is 1. The molecule has 0 aliphatic rings. The molecule has 0 bridgehead atoms. The van der Waals surface area contributed by atoms with Crippen molar-refractivity contribution >= 4 is 33.3 Å². The molecule has 0 saturated carbocycles. The molecule has 0 spiro atoms. The Morgan fingerprint density at radius 1 is 1.13 bits per heavy atom. The minimum Gasteiger partial charge on any atom is -0.462 e. The summed E-state index contributed by atoms with van der Waals surface area (Å²) in [6.45, 7) is 4.85. The van der Waals surface area contributed by atoms with Gasteiger partial charge < -0.3 is 10.1 Å². The van der Waals surface area contributed by atoms with Gasteiger partial charge in [-0.3, -0.25) is 9.10 Å². The highest BCUT2D eigenvalue weighted by molar-refractivity contribution is 7.92. The summed E-state index contributed by atoms with van der Waals surface area (Å²) in [7, 11) is -4.01. The summed E-state index contributed by atoms with van der Waals surface area (Å²) in [4.78, 5) is 24.7. The van der Waals surface area contributed by atoms with Gasteiger partial charge >= 0.3 is 5.97 Å². The van der Waals surface area contributed by atoms with Gasteiger partial charge in [0.25, 0.3) is 0 Å². The van der Waals surface area contributed by atoms with Crippen LogP contribution in [0.25, 0.3) is 0 Å². The number of carbonyl (C=O) groups excluding carboxylic acids is 2. The zero-order valence-corrected chi connectivity index (χ0v) is 17.7. The molecule has 162 valence electrons. The molecule has 2 rings (SSSR count). The molecule has 0 fully saturated rings. The Hall–Kier alpha value is -3.01. The lowest BCUT2D eigenvalue weighted by molar-refractivity contribution is -0.116. The van der Waals surface area contributed by atoms with E-state index in [4.69, 9.17) is 4.74 Å². The fourth-order valence-corrected chi connectivity index (χ4v) is 3.93. The van der Waals surface area contributed by atoms with Gasteiger partial charge in [-0.1, -0.05) is 6.07 Å². The molecule has 0 saturated heterocycles. The molecule has 0 aliphatic heterocycles. The van der Waals surface area contributed by atoms with E-state index in [0.29, 0.717) is 15.9 Å². The molecule has 1 atom stereocenters. The highest BCUT2D eigenvalue weighted by Crippen LogP contribution is 2.24. The molecule has 1 amide bonds. The van der Waals surface area contributed by atoms with Crippen molar-refractivity contribution in [3.8, 4) is 0 Å².